The topological polar surface area (TPSA) is 66.8 Å². The average molecular weight is 305 g/mol. The van der Waals surface area contributed by atoms with Crippen LogP contribution in [0.4, 0.5) is 0 Å². The highest BCUT2D eigenvalue weighted by Crippen LogP contribution is 2.22. The van der Waals surface area contributed by atoms with Crippen molar-refractivity contribution in [1.82, 2.24) is 4.90 Å². The molecule has 0 spiro atoms. The molecule has 0 aromatic heterocycles. The fourth-order valence-corrected chi connectivity index (χ4v) is 2.94. The maximum absolute atomic E-state index is 12.5. The molecule has 1 atom stereocenters. The van der Waals surface area contributed by atoms with Gasteiger partial charge in [0.25, 0.3) is 0 Å². The van der Waals surface area contributed by atoms with Gasteiger partial charge in [0.2, 0.25) is 5.91 Å². The third kappa shape index (κ3) is 4.48. The lowest BCUT2D eigenvalue weighted by Gasteiger charge is -2.35. The Bertz CT molecular complexity index is 512. The molecule has 5 nitrogen and oxygen atoms in total. The van der Waals surface area contributed by atoms with E-state index in [1.54, 1.807) is 7.11 Å². The number of carboxylic acid groups (broad SMARTS) is 1. The van der Waals surface area contributed by atoms with Crippen LogP contribution >= 0.6 is 0 Å². The number of ether oxygens (including phenoxy) is 1. The summed E-state index contributed by atoms with van der Waals surface area (Å²) < 4.78 is 5.11. The van der Waals surface area contributed by atoms with Gasteiger partial charge in [-0.15, -0.1) is 0 Å². The fourth-order valence-electron chi connectivity index (χ4n) is 2.94. The number of hydrogen-bond donors (Lipinski definition) is 1. The summed E-state index contributed by atoms with van der Waals surface area (Å²) in [6, 6.07) is 7.55. The molecule has 1 aliphatic rings. The standard InChI is InChI=1S/C17H23NO4/c1-22-15-8-5-13(6-9-15)12-16(19)18-11-3-2-4-14(18)7-10-17(20)21/h5-6,8-9,14H,2-4,7,10-12H2,1H3,(H,20,21)/t14-/m1/s1. The predicted octanol–water partition coefficient (Wildman–Crippen LogP) is 2.48. The molecular formula is C17H23NO4. The van der Waals surface area contributed by atoms with Crippen LogP contribution in [0.2, 0.25) is 0 Å². The minimum atomic E-state index is -0.798. The fraction of sp³-hybridized carbons (Fsp3) is 0.529. The van der Waals surface area contributed by atoms with Crippen LogP contribution < -0.4 is 4.74 Å². The molecule has 0 bridgehead atoms. The zero-order chi connectivity index (χ0) is 15.9. The Labute approximate surface area is 130 Å². The van der Waals surface area contributed by atoms with Crippen molar-refractivity contribution < 1.29 is 19.4 Å². The monoisotopic (exact) mass is 305 g/mol. The van der Waals surface area contributed by atoms with Gasteiger partial charge >= 0.3 is 5.97 Å². The Kier molecular flexibility index (Phi) is 5.81. The molecule has 0 unspecified atom stereocenters. The van der Waals surface area contributed by atoms with Gasteiger partial charge in [-0.1, -0.05) is 12.1 Å². The van der Waals surface area contributed by atoms with Crippen LogP contribution in [0.15, 0.2) is 24.3 Å². The number of carbonyl (C=O) groups excluding carboxylic acids is 1. The summed E-state index contributed by atoms with van der Waals surface area (Å²) in [7, 11) is 1.61. The van der Waals surface area contributed by atoms with Crippen molar-refractivity contribution in [3.63, 3.8) is 0 Å². The van der Waals surface area contributed by atoms with E-state index in [1.807, 2.05) is 29.2 Å². The minimum absolute atomic E-state index is 0.0654. The molecule has 0 radical (unpaired) electrons. The molecule has 1 N–H and O–H groups in total. The number of amides is 1. The zero-order valence-corrected chi connectivity index (χ0v) is 13.0. The van der Waals surface area contributed by atoms with Gasteiger partial charge in [-0.25, -0.2) is 0 Å². The number of methoxy groups -OCH3 is 1. The molecule has 120 valence electrons. The normalized spacial score (nSPS) is 18.0. The highest BCUT2D eigenvalue weighted by atomic mass is 16.5. The molecule has 1 fully saturated rings. The van der Waals surface area contributed by atoms with Crippen LogP contribution in [0.3, 0.4) is 0 Å². The van der Waals surface area contributed by atoms with Crippen molar-refractivity contribution >= 4 is 11.9 Å². The van der Waals surface area contributed by atoms with Crippen LogP contribution in [0.25, 0.3) is 0 Å². The number of rotatable bonds is 6. The van der Waals surface area contributed by atoms with Gasteiger partial charge in [0.05, 0.1) is 13.5 Å². The summed E-state index contributed by atoms with van der Waals surface area (Å²) in [5, 5.41) is 8.84. The van der Waals surface area contributed by atoms with Gasteiger partial charge < -0.3 is 14.7 Å². The van der Waals surface area contributed by atoms with E-state index in [1.165, 1.54) is 0 Å². The summed E-state index contributed by atoms with van der Waals surface area (Å²) in [4.78, 5) is 25.2. The molecule has 1 aromatic carbocycles. The smallest absolute Gasteiger partial charge is 0.303 e. The molecule has 5 heteroatoms. The number of carboxylic acids is 1. The van der Waals surface area contributed by atoms with Crippen LogP contribution in [0.1, 0.15) is 37.7 Å². The Morgan fingerprint density at radius 1 is 1.27 bits per heavy atom. The number of hydrogen-bond acceptors (Lipinski definition) is 3. The number of piperidine rings is 1. The number of likely N-dealkylation sites (tertiary alicyclic amines) is 1. The van der Waals surface area contributed by atoms with Crippen LogP contribution in [0.5, 0.6) is 5.75 Å². The second-order valence-corrected chi connectivity index (χ2v) is 5.69. The summed E-state index contributed by atoms with van der Waals surface area (Å²) >= 11 is 0. The molecular weight excluding hydrogens is 282 g/mol. The molecule has 1 heterocycles. The highest BCUT2D eigenvalue weighted by molar-refractivity contribution is 5.79. The first-order chi connectivity index (χ1) is 10.6. The number of aliphatic carboxylic acids is 1. The molecule has 22 heavy (non-hydrogen) atoms. The lowest BCUT2D eigenvalue weighted by atomic mass is 9.97. The van der Waals surface area contributed by atoms with Gasteiger partial charge in [-0.05, 0) is 43.4 Å². The molecule has 1 amide bonds. The van der Waals surface area contributed by atoms with Crippen LogP contribution in [-0.4, -0.2) is 41.6 Å². The Morgan fingerprint density at radius 2 is 2.00 bits per heavy atom. The van der Waals surface area contributed by atoms with Crippen molar-refractivity contribution in [1.29, 1.82) is 0 Å². The third-order valence-electron chi connectivity index (χ3n) is 4.15. The molecule has 0 saturated carbocycles. The third-order valence-corrected chi connectivity index (χ3v) is 4.15. The second kappa shape index (κ2) is 7.82. The minimum Gasteiger partial charge on any atom is -0.497 e. The average Bonchev–Trinajstić information content (AvgIpc) is 2.54. The highest BCUT2D eigenvalue weighted by Gasteiger charge is 2.26. The van der Waals surface area contributed by atoms with Gasteiger partial charge in [0.1, 0.15) is 5.75 Å². The zero-order valence-electron chi connectivity index (χ0n) is 13.0. The molecule has 0 aliphatic carbocycles. The van der Waals surface area contributed by atoms with Crippen molar-refractivity contribution in [2.45, 2.75) is 44.6 Å². The van der Waals surface area contributed by atoms with Crippen molar-refractivity contribution in [3.8, 4) is 5.75 Å². The van der Waals surface area contributed by atoms with Gasteiger partial charge in [0, 0.05) is 19.0 Å². The van der Waals surface area contributed by atoms with E-state index in [9.17, 15) is 9.59 Å². The number of nitrogens with zero attached hydrogens (tertiary/aromatic N) is 1. The van der Waals surface area contributed by atoms with Crippen LogP contribution in [-0.2, 0) is 16.0 Å². The van der Waals surface area contributed by atoms with Crippen LogP contribution in [0, 0.1) is 0 Å². The predicted molar refractivity (Wildman–Crippen MR) is 82.9 cm³/mol. The first-order valence-corrected chi connectivity index (χ1v) is 7.74. The lowest BCUT2D eigenvalue weighted by Crippen LogP contribution is -2.44. The molecule has 1 saturated heterocycles. The first kappa shape index (κ1) is 16.3. The lowest BCUT2D eigenvalue weighted by molar-refractivity contribution is -0.139. The van der Waals surface area contributed by atoms with Gasteiger partial charge in [0.15, 0.2) is 0 Å². The van der Waals surface area contributed by atoms with E-state index in [0.29, 0.717) is 12.8 Å². The van der Waals surface area contributed by atoms with Crippen molar-refractivity contribution in [2.75, 3.05) is 13.7 Å². The summed E-state index contributed by atoms with van der Waals surface area (Å²) in [5.74, 6) is 0.0573. The summed E-state index contributed by atoms with van der Waals surface area (Å²) in [6.45, 7) is 0.735. The van der Waals surface area contributed by atoms with E-state index in [2.05, 4.69) is 0 Å². The van der Waals surface area contributed by atoms with E-state index >= 15 is 0 Å². The van der Waals surface area contributed by atoms with E-state index < -0.39 is 5.97 Å². The van der Waals surface area contributed by atoms with Crippen molar-refractivity contribution in [3.05, 3.63) is 29.8 Å². The summed E-state index contributed by atoms with van der Waals surface area (Å²) in [5.41, 5.74) is 0.952. The van der Waals surface area contributed by atoms with Crippen molar-refractivity contribution in [2.24, 2.45) is 0 Å². The summed E-state index contributed by atoms with van der Waals surface area (Å²) in [6.07, 6.45) is 3.99. The Morgan fingerprint density at radius 3 is 2.64 bits per heavy atom. The first-order valence-electron chi connectivity index (χ1n) is 7.74. The Hall–Kier alpha value is -2.04. The quantitative estimate of drug-likeness (QED) is 0.877. The largest absolute Gasteiger partial charge is 0.497 e. The Balaban J connectivity index is 1.96. The van der Waals surface area contributed by atoms with E-state index in [4.69, 9.17) is 9.84 Å². The SMILES string of the molecule is COc1ccc(CC(=O)N2CCCC[C@@H]2CCC(=O)O)cc1. The van der Waals surface area contributed by atoms with E-state index in [-0.39, 0.29) is 18.4 Å². The number of carbonyl (C=O) groups is 2. The number of benzene rings is 1. The second-order valence-electron chi connectivity index (χ2n) is 5.69. The molecule has 1 aromatic rings. The maximum Gasteiger partial charge on any atom is 0.303 e. The maximum atomic E-state index is 12.5. The van der Waals surface area contributed by atoms with E-state index in [0.717, 1.165) is 37.1 Å². The molecule has 1 aliphatic heterocycles. The van der Waals surface area contributed by atoms with Gasteiger partial charge in [-0.2, -0.15) is 0 Å². The van der Waals surface area contributed by atoms with Gasteiger partial charge in [-0.3, -0.25) is 9.59 Å². The molecule has 2 rings (SSSR count).